The average molecular weight is 384 g/mol. The van der Waals surface area contributed by atoms with Gasteiger partial charge in [-0.15, -0.1) is 0 Å². The van der Waals surface area contributed by atoms with E-state index in [1.54, 1.807) is 48.2 Å². The predicted molar refractivity (Wildman–Crippen MR) is 103 cm³/mol. The second-order valence-electron chi connectivity index (χ2n) is 6.80. The molecule has 7 heteroatoms. The van der Waals surface area contributed by atoms with Crippen LogP contribution in [0.2, 0.25) is 0 Å². The fraction of sp³-hybridized carbons (Fsp3) is 0.381. The van der Waals surface area contributed by atoms with E-state index in [-0.39, 0.29) is 17.6 Å². The van der Waals surface area contributed by atoms with Gasteiger partial charge < -0.3 is 19.4 Å². The molecule has 1 fully saturated rings. The lowest BCUT2D eigenvalue weighted by Crippen LogP contribution is -2.40. The molecule has 2 heterocycles. The number of hydrogen-bond donors (Lipinski definition) is 1. The van der Waals surface area contributed by atoms with Gasteiger partial charge in [0, 0.05) is 18.8 Å². The molecule has 1 aromatic heterocycles. The maximum Gasteiger partial charge on any atom is 0.338 e. The molecule has 0 radical (unpaired) electrons. The van der Waals surface area contributed by atoms with Gasteiger partial charge in [0.25, 0.3) is 11.8 Å². The first-order chi connectivity index (χ1) is 13.5. The van der Waals surface area contributed by atoms with Crippen molar-refractivity contribution in [1.82, 2.24) is 4.90 Å². The van der Waals surface area contributed by atoms with Crippen LogP contribution >= 0.6 is 0 Å². The number of nitrogens with one attached hydrogen (secondary N) is 1. The van der Waals surface area contributed by atoms with Crippen LogP contribution in [-0.2, 0) is 9.53 Å². The molecule has 0 spiro atoms. The van der Waals surface area contributed by atoms with E-state index in [0.717, 1.165) is 25.7 Å². The van der Waals surface area contributed by atoms with E-state index in [1.807, 2.05) is 0 Å². The first kappa shape index (κ1) is 19.7. The smallest absolute Gasteiger partial charge is 0.338 e. The number of esters is 1. The molecule has 0 aliphatic carbocycles. The van der Waals surface area contributed by atoms with Crippen LogP contribution < -0.4 is 5.32 Å². The Labute approximate surface area is 163 Å². The van der Waals surface area contributed by atoms with Crippen molar-refractivity contribution < 1.29 is 23.5 Å². The molecule has 2 aromatic rings. The molecule has 0 saturated carbocycles. The van der Waals surface area contributed by atoms with Crippen molar-refractivity contribution in [2.24, 2.45) is 0 Å². The quantitative estimate of drug-likeness (QED) is 0.797. The van der Waals surface area contributed by atoms with E-state index in [2.05, 4.69) is 5.32 Å². The van der Waals surface area contributed by atoms with Gasteiger partial charge in [-0.25, -0.2) is 4.79 Å². The van der Waals surface area contributed by atoms with Gasteiger partial charge >= 0.3 is 5.97 Å². The summed E-state index contributed by atoms with van der Waals surface area (Å²) in [6, 6.07) is 9.47. The Hall–Kier alpha value is -3.09. The molecule has 0 unspecified atom stereocenters. The summed E-state index contributed by atoms with van der Waals surface area (Å²) < 4.78 is 10.4. The SMILES string of the molecule is C[C@H](OC(=O)c1ccc(NC(=O)c2ccco2)cc1)C(=O)N1CCCCCC1. The summed E-state index contributed by atoms with van der Waals surface area (Å²) >= 11 is 0. The number of benzene rings is 1. The van der Waals surface area contributed by atoms with Crippen molar-refractivity contribution in [3.63, 3.8) is 0 Å². The molecule has 1 atom stereocenters. The Morgan fingerprint density at radius 2 is 1.71 bits per heavy atom. The van der Waals surface area contributed by atoms with Gasteiger partial charge in [0.15, 0.2) is 11.9 Å². The van der Waals surface area contributed by atoms with Gasteiger partial charge in [0.1, 0.15) is 0 Å². The highest BCUT2D eigenvalue weighted by atomic mass is 16.5. The fourth-order valence-electron chi connectivity index (χ4n) is 3.12. The number of carbonyl (C=O) groups excluding carboxylic acids is 3. The summed E-state index contributed by atoms with van der Waals surface area (Å²) in [5, 5.41) is 2.67. The van der Waals surface area contributed by atoms with Gasteiger partial charge in [-0.3, -0.25) is 9.59 Å². The number of anilines is 1. The molecular formula is C21H24N2O5. The molecule has 0 bridgehead atoms. The molecule has 1 N–H and O–H groups in total. The van der Waals surface area contributed by atoms with Crippen LogP contribution in [0.15, 0.2) is 47.1 Å². The molecule has 3 rings (SSSR count). The molecular weight excluding hydrogens is 360 g/mol. The van der Waals surface area contributed by atoms with Crippen molar-refractivity contribution in [2.75, 3.05) is 18.4 Å². The zero-order chi connectivity index (χ0) is 19.9. The van der Waals surface area contributed by atoms with Crippen LogP contribution in [0.1, 0.15) is 53.5 Å². The summed E-state index contributed by atoms with van der Waals surface area (Å²) in [6.45, 7) is 3.03. The van der Waals surface area contributed by atoms with E-state index in [4.69, 9.17) is 9.15 Å². The maximum absolute atomic E-state index is 12.5. The minimum Gasteiger partial charge on any atom is -0.459 e. The molecule has 148 valence electrons. The van der Waals surface area contributed by atoms with Crippen LogP contribution in [0.3, 0.4) is 0 Å². The maximum atomic E-state index is 12.5. The van der Waals surface area contributed by atoms with Crippen molar-refractivity contribution in [3.8, 4) is 0 Å². The van der Waals surface area contributed by atoms with Crippen LogP contribution in [0.4, 0.5) is 5.69 Å². The number of rotatable bonds is 5. The zero-order valence-corrected chi connectivity index (χ0v) is 15.8. The largest absolute Gasteiger partial charge is 0.459 e. The van der Waals surface area contributed by atoms with Crippen molar-refractivity contribution in [3.05, 3.63) is 54.0 Å². The molecule has 1 aliphatic rings. The third-order valence-electron chi connectivity index (χ3n) is 4.67. The lowest BCUT2D eigenvalue weighted by atomic mass is 10.2. The van der Waals surface area contributed by atoms with E-state index in [9.17, 15) is 14.4 Å². The summed E-state index contributed by atoms with van der Waals surface area (Å²) in [5.41, 5.74) is 0.832. The van der Waals surface area contributed by atoms with Crippen LogP contribution in [0.5, 0.6) is 0 Å². The number of ether oxygens (including phenoxy) is 1. The third-order valence-corrected chi connectivity index (χ3v) is 4.67. The van der Waals surface area contributed by atoms with E-state index < -0.39 is 12.1 Å². The monoisotopic (exact) mass is 384 g/mol. The summed E-state index contributed by atoms with van der Waals surface area (Å²) in [5.74, 6) is -0.904. The minimum atomic E-state index is -0.830. The summed E-state index contributed by atoms with van der Waals surface area (Å²) in [6.07, 6.45) is 4.81. The van der Waals surface area contributed by atoms with E-state index in [1.165, 1.54) is 6.26 Å². The van der Waals surface area contributed by atoms with Crippen molar-refractivity contribution in [1.29, 1.82) is 0 Å². The van der Waals surface area contributed by atoms with Crippen LogP contribution in [-0.4, -0.2) is 41.9 Å². The molecule has 2 amide bonds. The number of amides is 2. The number of nitrogens with zero attached hydrogens (tertiary/aromatic N) is 1. The fourth-order valence-corrected chi connectivity index (χ4v) is 3.12. The predicted octanol–water partition coefficient (Wildman–Crippen LogP) is 3.48. The van der Waals surface area contributed by atoms with Gasteiger partial charge in [-0.2, -0.15) is 0 Å². The third kappa shape index (κ3) is 5.00. The van der Waals surface area contributed by atoms with Gasteiger partial charge in [0.2, 0.25) is 0 Å². The molecule has 28 heavy (non-hydrogen) atoms. The van der Waals surface area contributed by atoms with Crippen molar-refractivity contribution >= 4 is 23.5 Å². The first-order valence-corrected chi connectivity index (χ1v) is 9.49. The lowest BCUT2D eigenvalue weighted by molar-refractivity contribution is -0.139. The van der Waals surface area contributed by atoms with E-state index >= 15 is 0 Å². The molecule has 1 saturated heterocycles. The highest BCUT2D eigenvalue weighted by Crippen LogP contribution is 2.15. The summed E-state index contributed by atoms with van der Waals surface area (Å²) in [4.78, 5) is 38.6. The second kappa shape index (κ2) is 9.21. The normalized spacial score (nSPS) is 15.4. The van der Waals surface area contributed by atoms with Crippen LogP contribution in [0.25, 0.3) is 0 Å². The zero-order valence-electron chi connectivity index (χ0n) is 15.8. The van der Waals surface area contributed by atoms with Crippen molar-refractivity contribution in [2.45, 2.75) is 38.7 Å². The lowest BCUT2D eigenvalue weighted by Gasteiger charge is -2.24. The number of hydrogen-bond acceptors (Lipinski definition) is 5. The Morgan fingerprint density at radius 1 is 1.04 bits per heavy atom. The molecule has 1 aliphatic heterocycles. The average Bonchev–Trinajstić information content (AvgIpc) is 3.11. The Morgan fingerprint density at radius 3 is 2.32 bits per heavy atom. The van der Waals surface area contributed by atoms with Gasteiger partial charge in [-0.1, -0.05) is 12.8 Å². The first-order valence-electron chi connectivity index (χ1n) is 9.49. The van der Waals surface area contributed by atoms with Gasteiger partial charge in [0.05, 0.1) is 11.8 Å². The number of likely N-dealkylation sites (tertiary alicyclic amines) is 1. The topological polar surface area (TPSA) is 88.8 Å². The Kier molecular flexibility index (Phi) is 6.47. The second-order valence-corrected chi connectivity index (χ2v) is 6.80. The van der Waals surface area contributed by atoms with Gasteiger partial charge in [-0.05, 0) is 56.2 Å². The van der Waals surface area contributed by atoms with E-state index in [0.29, 0.717) is 24.3 Å². The highest BCUT2D eigenvalue weighted by molar-refractivity contribution is 6.02. The Bertz CT molecular complexity index is 806. The molecule has 7 nitrogen and oxygen atoms in total. The number of carbonyl (C=O) groups is 3. The van der Waals surface area contributed by atoms with Crippen LogP contribution in [0, 0.1) is 0 Å². The molecule has 1 aromatic carbocycles. The Balaban J connectivity index is 1.55. The highest BCUT2D eigenvalue weighted by Gasteiger charge is 2.25. The standard InChI is InChI=1S/C21H24N2O5/c1-15(20(25)23-12-4-2-3-5-13-23)28-21(26)16-8-10-17(11-9-16)22-19(24)18-7-6-14-27-18/h6-11,14-15H,2-5,12-13H2,1H3,(H,22,24)/t15-/m0/s1. The number of furan rings is 1. The summed E-state index contributed by atoms with van der Waals surface area (Å²) in [7, 11) is 0. The minimum absolute atomic E-state index is 0.155.